The van der Waals surface area contributed by atoms with Gasteiger partial charge < -0.3 is 10.5 Å². The fraction of sp³-hybridized carbons (Fsp3) is 0.0625. The van der Waals surface area contributed by atoms with Gasteiger partial charge in [-0.3, -0.25) is 4.79 Å². The summed E-state index contributed by atoms with van der Waals surface area (Å²) >= 11 is 6.08. The van der Waals surface area contributed by atoms with Crippen LogP contribution in [0.4, 0.5) is 5.95 Å². The molecule has 116 valence electrons. The van der Waals surface area contributed by atoms with Crippen LogP contribution in [-0.4, -0.2) is 20.7 Å². The number of anilines is 1. The molecule has 0 aliphatic carbocycles. The molecule has 0 aliphatic heterocycles. The predicted molar refractivity (Wildman–Crippen MR) is 86.4 cm³/mol. The van der Waals surface area contributed by atoms with Crippen molar-refractivity contribution in [1.82, 2.24) is 14.8 Å². The number of hydrogen-bond acceptors (Lipinski definition) is 5. The number of nitrogen functional groups attached to an aromatic ring is 1. The van der Waals surface area contributed by atoms with Crippen molar-refractivity contribution >= 4 is 23.5 Å². The molecular weight excluding hydrogens is 316 g/mol. The Morgan fingerprint density at radius 3 is 2.57 bits per heavy atom. The largest absolute Gasteiger partial charge is 0.489 e. The number of carbonyl (C=O) groups is 1. The number of halogens is 1. The molecule has 1 heterocycles. The molecule has 0 radical (unpaired) electrons. The van der Waals surface area contributed by atoms with E-state index < -0.39 is 0 Å². The lowest BCUT2D eigenvalue weighted by atomic mass is 10.2. The summed E-state index contributed by atoms with van der Waals surface area (Å²) < 4.78 is 6.85. The van der Waals surface area contributed by atoms with Gasteiger partial charge in [-0.1, -0.05) is 29.8 Å². The molecule has 2 aromatic carbocycles. The summed E-state index contributed by atoms with van der Waals surface area (Å²) in [6.45, 7) is 0.353. The minimum absolute atomic E-state index is 0.0500. The quantitative estimate of drug-likeness (QED) is 0.796. The zero-order valence-corrected chi connectivity index (χ0v) is 12.8. The SMILES string of the molecule is Nc1nncn1C(=O)c1ccc(OCc2ccccc2Cl)cc1. The van der Waals surface area contributed by atoms with Crippen molar-refractivity contribution in [2.24, 2.45) is 0 Å². The fourth-order valence-corrected chi connectivity index (χ4v) is 2.20. The zero-order chi connectivity index (χ0) is 16.2. The molecule has 3 rings (SSSR count). The van der Waals surface area contributed by atoms with E-state index in [9.17, 15) is 4.79 Å². The van der Waals surface area contributed by atoms with Gasteiger partial charge in [-0.15, -0.1) is 10.2 Å². The molecule has 0 atom stereocenters. The molecule has 0 spiro atoms. The average molecular weight is 329 g/mol. The third-order valence-corrected chi connectivity index (χ3v) is 3.62. The first kappa shape index (κ1) is 15.1. The Kier molecular flexibility index (Phi) is 4.25. The van der Waals surface area contributed by atoms with Crippen LogP contribution in [-0.2, 0) is 6.61 Å². The predicted octanol–water partition coefficient (Wildman–Crippen LogP) is 2.78. The third-order valence-electron chi connectivity index (χ3n) is 3.25. The number of nitrogens with two attached hydrogens (primary N) is 1. The smallest absolute Gasteiger partial charge is 0.266 e. The Labute approximate surface area is 137 Å². The second-order valence-electron chi connectivity index (χ2n) is 4.77. The summed E-state index contributed by atoms with van der Waals surface area (Å²) in [5.41, 5.74) is 6.92. The number of aromatic nitrogens is 3. The summed E-state index contributed by atoms with van der Waals surface area (Å²) in [4.78, 5) is 12.2. The number of benzene rings is 2. The van der Waals surface area contributed by atoms with Gasteiger partial charge in [-0.05, 0) is 30.3 Å². The van der Waals surface area contributed by atoms with Gasteiger partial charge in [-0.2, -0.15) is 0 Å². The van der Waals surface area contributed by atoms with E-state index in [1.165, 1.54) is 10.9 Å². The van der Waals surface area contributed by atoms with Crippen LogP contribution in [0.1, 0.15) is 15.9 Å². The van der Waals surface area contributed by atoms with E-state index in [0.29, 0.717) is 22.9 Å². The Bertz CT molecular complexity index is 830. The van der Waals surface area contributed by atoms with Crippen molar-refractivity contribution in [2.75, 3.05) is 5.73 Å². The lowest BCUT2D eigenvalue weighted by molar-refractivity contribution is 0.0962. The molecule has 0 fully saturated rings. The van der Waals surface area contributed by atoms with Crippen molar-refractivity contribution < 1.29 is 9.53 Å². The maximum absolute atomic E-state index is 12.2. The number of rotatable bonds is 4. The van der Waals surface area contributed by atoms with Gasteiger partial charge in [0.2, 0.25) is 5.95 Å². The van der Waals surface area contributed by atoms with Gasteiger partial charge in [0.15, 0.2) is 0 Å². The molecule has 0 unspecified atom stereocenters. The lowest BCUT2D eigenvalue weighted by Gasteiger charge is -2.08. The highest BCUT2D eigenvalue weighted by Gasteiger charge is 2.12. The van der Waals surface area contributed by atoms with E-state index >= 15 is 0 Å². The maximum atomic E-state index is 12.2. The standard InChI is InChI=1S/C16H13ClN4O2/c17-14-4-2-1-3-12(14)9-23-13-7-5-11(6-8-13)15(22)21-10-19-20-16(21)18/h1-8,10H,9H2,(H2,18,20). The Morgan fingerprint density at radius 2 is 1.91 bits per heavy atom. The van der Waals surface area contributed by atoms with Gasteiger partial charge in [0.25, 0.3) is 5.91 Å². The van der Waals surface area contributed by atoms with Crippen LogP contribution in [0.5, 0.6) is 5.75 Å². The molecule has 0 amide bonds. The first-order valence-electron chi connectivity index (χ1n) is 6.81. The van der Waals surface area contributed by atoms with Gasteiger partial charge in [0.05, 0.1) is 0 Å². The highest BCUT2D eigenvalue weighted by molar-refractivity contribution is 6.31. The molecule has 7 heteroatoms. The topological polar surface area (TPSA) is 83.0 Å². The molecule has 23 heavy (non-hydrogen) atoms. The second kappa shape index (κ2) is 6.50. The summed E-state index contributed by atoms with van der Waals surface area (Å²) in [7, 11) is 0. The minimum atomic E-state index is -0.301. The van der Waals surface area contributed by atoms with E-state index in [1.807, 2.05) is 24.3 Å². The monoisotopic (exact) mass is 328 g/mol. The van der Waals surface area contributed by atoms with Crippen LogP contribution in [0.3, 0.4) is 0 Å². The zero-order valence-electron chi connectivity index (χ0n) is 12.0. The first-order chi connectivity index (χ1) is 11.1. The molecule has 6 nitrogen and oxygen atoms in total. The minimum Gasteiger partial charge on any atom is -0.489 e. The van der Waals surface area contributed by atoms with Crippen molar-refractivity contribution in [3.8, 4) is 5.75 Å². The van der Waals surface area contributed by atoms with Gasteiger partial charge >= 0.3 is 0 Å². The molecule has 0 saturated carbocycles. The maximum Gasteiger partial charge on any atom is 0.266 e. The van der Waals surface area contributed by atoms with E-state index in [2.05, 4.69) is 10.2 Å². The third kappa shape index (κ3) is 3.32. The number of hydrogen-bond donors (Lipinski definition) is 1. The summed E-state index contributed by atoms with van der Waals surface area (Å²) in [6.07, 6.45) is 1.28. The van der Waals surface area contributed by atoms with Crippen molar-refractivity contribution in [2.45, 2.75) is 6.61 Å². The summed E-state index contributed by atoms with van der Waals surface area (Å²) in [5, 5.41) is 7.83. The van der Waals surface area contributed by atoms with E-state index in [-0.39, 0.29) is 11.9 Å². The molecule has 0 saturated heterocycles. The summed E-state index contributed by atoms with van der Waals surface area (Å²) in [6, 6.07) is 14.2. The van der Waals surface area contributed by atoms with Gasteiger partial charge in [-0.25, -0.2) is 4.57 Å². The number of carbonyl (C=O) groups excluding carboxylic acids is 1. The fourth-order valence-electron chi connectivity index (χ4n) is 2.01. The molecule has 2 N–H and O–H groups in total. The Balaban J connectivity index is 1.69. The van der Waals surface area contributed by atoms with Gasteiger partial charge in [0.1, 0.15) is 18.7 Å². The molecule has 1 aromatic heterocycles. The average Bonchev–Trinajstić information content (AvgIpc) is 3.00. The van der Waals surface area contributed by atoms with Crippen molar-refractivity contribution in [1.29, 1.82) is 0 Å². The van der Waals surface area contributed by atoms with Crippen molar-refractivity contribution in [3.05, 3.63) is 71.0 Å². The summed E-state index contributed by atoms with van der Waals surface area (Å²) in [5.74, 6) is 0.386. The van der Waals surface area contributed by atoms with Crippen LogP contribution in [0.25, 0.3) is 0 Å². The van der Waals surface area contributed by atoms with E-state index in [1.54, 1.807) is 24.3 Å². The van der Waals surface area contributed by atoms with Gasteiger partial charge in [0, 0.05) is 16.1 Å². The van der Waals surface area contributed by atoms with Crippen LogP contribution < -0.4 is 10.5 Å². The van der Waals surface area contributed by atoms with Crippen LogP contribution in [0, 0.1) is 0 Å². The van der Waals surface area contributed by atoms with Crippen LogP contribution in [0.2, 0.25) is 5.02 Å². The van der Waals surface area contributed by atoms with E-state index in [0.717, 1.165) is 5.56 Å². The first-order valence-corrected chi connectivity index (χ1v) is 7.19. The highest BCUT2D eigenvalue weighted by Crippen LogP contribution is 2.19. The Morgan fingerprint density at radius 1 is 1.17 bits per heavy atom. The number of ether oxygens (including phenoxy) is 1. The Hall–Kier alpha value is -2.86. The van der Waals surface area contributed by atoms with Crippen LogP contribution in [0.15, 0.2) is 54.9 Å². The molecular formula is C16H13ClN4O2. The second-order valence-corrected chi connectivity index (χ2v) is 5.18. The molecule has 0 aliphatic rings. The highest BCUT2D eigenvalue weighted by atomic mass is 35.5. The van der Waals surface area contributed by atoms with Crippen molar-refractivity contribution in [3.63, 3.8) is 0 Å². The van der Waals surface area contributed by atoms with Crippen LogP contribution >= 0.6 is 11.6 Å². The number of nitrogens with zero attached hydrogens (tertiary/aromatic N) is 3. The molecule has 3 aromatic rings. The van der Waals surface area contributed by atoms with E-state index in [4.69, 9.17) is 22.1 Å². The molecule has 0 bridgehead atoms. The normalized spacial score (nSPS) is 10.5. The lowest BCUT2D eigenvalue weighted by Crippen LogP contribution is -2.13.